The van der Waals surface area contributed by atoms with Crippen LogP contribution in [0.2, 0.25) is 0 Å². The van der Waals surface area contributed by atoms with Gasteiger partial charge in [0.2, 0.25) is 0 Å². The van der Waals surface area contributed by atoms with Crippen molar-refractivity contribution in [1.29, 1.82) is 0 Å². The average Bonchev–Trinajstić information content (AvgIpc) is 2.85. The average molecular weight is 259 g/mol. The number of aldehydes is 1. The minimum Gasteiger partial charge on any atom is -0.508 e. The van der Waals surface area contributed by atoms with Crippen molar-refractivity contribution < 1.29 is 9.90 Å². The summed E-state index contributed by atoms with van der Waals surface area (Å²) in [7, 11) is 0. The molecule has 0 unspecified atom stereocenters. The summed E-state index contributed by atoms with van der Waals surface area (Å²) < 4.78 is 1.68. The molecule has 0 fully saturated rings. The van der Waals surface area contributed by atoms with Crippen LogP contribution < -0.4 is 0 Å². The highest BCUT2D eigenvalue weighted by Gasteiger charge is 2.20. The van der Waals surface area contributed by atoms with Crippen LogP contribution in [0, 0.1) is 0 Å². The molecule has 0 aliphatic carbocycles. The maximum atomic E-state index is 11.1. The quantitative estimate of drug-likeness (QED) is 0.838. The fourth-order valence-corrected chi connectivity index (χ4v) is 2.23. The lowest BCUT2D eigenvalue weighted by molar-refractivity contribution is 0.111. The van der Waals surface area contributed by atoms with Gasteiger partial charge in [-0.15, -0.1) is 5.10 Å². The molecule has 0 radical (unpaired) electrons. The number of carbonyl (C=O) groups is 1. The Morgan fingerprint density at radius 3 is 2.42 bits per heavy atom. The number of nitrogens with zero attached hydrogens (tertiary/aromatic N) is 3. The molecule has 1 aromatic heterocycles. The molecule has 5 heteroatoms. The summed E-state index contributed by atoms with van der Waals surface area (Å²) in [6.45, 7) is 4.16. The number of carbonyl (C=O) groups excluding carboxylic acids is 1. The second-order valence-electron chi connectivity index (χ2n) is 4.42. The van der Waals surface area contributed by atoms with Gasteiger partial charge in [-0.25, -0.2) is 4.68 Å². The Kier molecular flexibility index (Phi) is 3.94. The van der Waals surface area contributed by atoms with E-state index in [2.05, 4.69) is 24.2 Å². The topological polar surface area (TPSA) is 68.0 Å². The first-order valence-electron chi connectivity index (χ1n) is 6.41. The molecule has 1 aromatic carbocycles. The van der Waals surface area contributed by atoms with Crippen LogP contribution in [0.5, 0.6) is 5.75 Å². The van der Waals surface area contributed by atoms with Gasteiger partial charge in [0.1, 0.15) is 11.4 Å². The highest BCUT2D eigenvalue weighted by Crippen LogP contribution is 2.27. The summed E-state index contributed by atoms with van der Waals surface area (Å²) >= 11 is 0. The van der Waals surface area contributed by atoms with Crippen LogP contribution >= 0.6 is 0 Å². The lowest BCUT2D eigenvalue weighted by atomic mass is 9.97. The minimum atomic E-state index is 0.198. The normalized spacial score (nSPS) is 10.9. The Balaban J connectivity index is 2.54. The Labute approximate surface area is 111 Å². The van der Waals surface area contributed by atoms with Gasteiger partial charge in [-0.05, 0) is 37.1 Å². The summed E-state index contributed by atoms with van der Waals surface area (Å²) in [6, 6.07) is 6.69. The summed E-state index contributed by atoms with van der Waals surface area (Å²) in [5.74, 6) is 0.438. The van der Waals surface area contributed by atoms with E-state index >= 15 is 0 Å². The Hall–Kier alpha value is -2.17. The van der Waals surface area contributed by atoms with E-state index in [1.165, 1.54) is 0 Å². The van der Waals surface area contributed by atoms with Crippen molar-refractivity contribution >= 4 is 6.29 Å². The third kappa shape index (κ3) is 2.50. The van der Waals surface area contributed by atoms with Crippen LogP contribution in [-0.2, 0) is 0 Å². The van der Waals surface area contributed by atoms with E-state index in [4.69, 9.17) is 0 Å². The lowest BCUT2D eigenvalue weighted by Gasteiger charge is -2.14. The summed E-state index contributed by atoms with van der Waals surface area (Å²) in [4.78, 5) is 11.1. The minimum absolute atomic E-state index is 0.198. The van der Waals surface area contributed by atoms with Crippen LogP contribution in [0.3, 0.4) is 0 Å². The van der Waals surface area contributed by atoms with Crippen LogP contribution in [0.4, 0.5) is 0 Å². The van der Waals surface area contributed by atoms with Gasteiger partial charge in [-0.3, -0.25) is 4.79 Å². The molecule has 2 aromatic rings. The van der Waals surface area contributed by atoms with Gasteiger partial charge < -0.3 is 5.11 Å². The molecular formula is C14H17N3O2. The number of phenolic OH excluding ortho intramolecular Hbond substituents is 1. The van der Waals surface area contributed by atoms with Gasteiger partial charge in [0.25, 0.3) is 0 Å². The molecule has 0 spiro atoms. The fraction of sp³-hybridized carbons (Fsp3) is 0.357. The summed E-state index contributed by atoms with van der Waals surface area (Å²) in [5.41, 5.74) is 2.02. The SMILES string of the molecule is CCC(CC)c1c(C=O)nnn1-c1ccc(O)cc1. The van der Waals surface area contributed by atoms with Crippen molar-refractivity contribution in [3.63, 3.8) is 0 Å². The zero-order valence-electron chi connectivity index (χ0n) is 11.1. The van der Waals surface area contributed by atoms with E-state index in [1.54, 1.807) is 28.9 Å². The van der Waals surface area contributed by atoms with E-state index in [-0.39, 0.29) is 11.7 Å². The van der Waals surface area contributed by atoms with E-state index < -0.39 is 0 Å². The first-order chi connectivity index (χ1) is 9.21. The Morgan fingerprint density at radius 2 is 1.89 bits per heavy atom. The van der Waals surface area contributed by atoms with Gasteiger partial charge >= 0.3 is 0 Å². The number of benzene rings is 1. The second-order valence-corrected chi connectivity index (χ2v) is 4.42. The Bertz CT molecular complexity index is 557. The molecule has 0 saturated heterocycles. The molecule has 0 atom stereocenters. The van der Waals surface area contributed by atoms with E-state index in [0.29, 0.717) is 5.69 Å². The monoisotopic (exact) mass is 259 g/mol. The van der Waals surface area contributed by atoms with Crippen LogP contribution in [0.1, 0.15) is 48.8 Å². The van der Waals surface area contributed by atoms with Gasteiger partial charge in [0, 0.05) is 5.92 Å². The standard InChI is InChI=1S/C14H17N3O2/c1-3-10(4-2)14-13(9-18)15-16-17(14)11-5-7-12(19)8-6-11/h5-10,19H,3-4H2,1-2H3. The molecule has 0 aliphatic heterocycles. The van der Waals surface area contributed by atoms with Crippen molar-refractivity contribution in [1.82, 2.24) is 15.0 Å². The number of rotatable bonds is 5. The van der Waals surface area contributed by atoms with Gasteiger partial charge in [0.15, 0.2) is 6.29 Å². The summed E-state index contributed by atoms with van der Waals surface area (Å²) in [6.07, 6.45) is 2.59. The predicted molar refractivity (Wildman–Crippen MR) is 71.7 cm³/mol. The van der Waals surface area contributed by atoms with Crippen molar-refractivity contribution in [3.8, 4) is 11.4 Å². The molecule has 0 aliphatic rings. The number of aromatic nitrogens is 3. The number of hydrogen-bond acceptors (Lipinski definition) is 4. The van der Waals surface area contributed by atoms with Crippen molar-refractivity contribution in [2.45, 2.75) is 32.6 Å². The maximum Gasteiger partial charge on any atom is 0.172 e. The third-order valence-corrected chi connectivity index (χ3v) is 3.31. The smallest absolute Gasteiger partial charge is 0.172 e. The first kappa shape index (κ1) is 13.3. The molecule has 5 nitrogen and oxygen atoms in total. The molecule has 100 valence electrons. The van der Waals surface area contributed by atoms with Gasteiger partial charge in [0.05, 0.1) is 11.4 Å². The van der Waals surface area contributed by atoms with Gasteiger partial charge in [-0.2, -0.15) is 0 Å². The highest BCUT2D eigenvalue weighted by molar-refractivity contribution is 5.74. The molecule has 2 rings (SSSR count). The molecule has 0 saturated carbocycles. The zero-order valence-corrected chi connectivity index (χ0v) is 11.1. The largest absolute Gasteiger partial charge is 0.508 e. The van der Waals surface area contributed by atoms with Crippen LogP contribution in [-0.4, -0.2) is 26.4 Å². The zero-order chi connectivity index (χ0) is 13.8. The van der Waals surface area contributed by atoms with Gasteiger partial charge in [-0.1, -0.05) is 19.1 Å². The van der Waals surface area contributed by atoms with Crippen molar-refractivity contribution in [2.24, 2.45) is 0 Å². The van der Waals surface area contributed by atoms with Crippen LogP contribution in [0.15, 0.2) is 24.3 Å². The molecule has 0 bridgehead atoms. The van der Waals surface area contributed by atoms with Crippen LogP contribution in [0.25, 0.3) is 5.69 Å². The molecule has 1 N–H and O–H groups in total. The maximum absolute atomic E-state index is 11.1. The van der Waals surface area contributed by atoms with Crippen molar-refractivity contribution in [3.05, 3.63) is 35.7 Å². The number of aromatic hydroxyl groups is 1. The molecule has 1 heterocycles. The summed E-state index contributed by atoms with van der Waals surface area (Å²) in [5, 5.41) is 17.3. The lowest BCUT2D eigenvalue weighted by Crippen LogP contribution is -2.08. The van der Waals surface area contributed by atoms with E-state index in [1.807, 2.05) is 0 Å². The van der Waals surface area contributed by atoms with Crippen molar-refractivity contribution in [2.75, 3.05) is 0 Å². The molecule has 19 heavy (non-hydrogen) atoms. The molecular weight excluding hydrogens is 242 g/mol. The molecule has 0 amide bonds. The fourth-order valence-electron chi connectivity index (χ4n) is 2.23. The first-order valence-corrected chi connectivity index (χ1v) is 6.41. The number of phenols is 1. The predicted octanol–water partition coefficient (Wildman–Crippen LogP) is 2.69. The van der Waals surface area contributed by atoms with E-state index in [0.717, 1.165) is 30.5 Å². The number of hydrogen-bond donors (Lipinski definition) is 1. The second kappa shape index (κ2) is 5.65. The third-order valence-electron chi connectivity index (χ3n) is 3.31. The van der Waals surface area contributed by atoms with E-state index in [9.17, 15) is 9.90 Å². The Morgan fingerprint density at radius 1 is 1.26 bits per heavy atom. The highest BCUT2D eigenvalue weighted by atomic mass is 16.3.